The molecular formula is C10H14ClN. The summed E-state index contributed by atoms with van der Waals surface area (Å²) < 4.78 is 0. The molecule has 0 saturated heterocycles. The maximum Gasteiger partial charge on any atom is 0.0340 e. The summed E-state index contributed by atoms with van der Waals surface area (Å²) in [5.74, 6) is 0.695. The minimum absolute atomic E-state index is 0.695. The molecule has 0 radical (unpaired) electrons. The first-order chi connectivity index (χ1) is 5.86. The van der Waals surface area contributed by atoms with Crippen molar-refractivity contribution in [2.45, 2.75) is 13.3 Å². The summed E-state index contributed by atoms with van der Waals surface area (Å²) in [5, 5.41) is 3.24. The SMILES string of the molecule is CCNc1ccc(CCCl)cc1. The minimum Gasteiger partial charge on any atom is -0.385 e. The average Bonchev–Trinajstić information content (AvgIpc) is 2.09. The zero-order valence-electron chi connectivity index (χ0n) is 7.31. The third kappa shape index (κ3) is 2.74. The molecule has 0 spiro atoms. The fourth-order valence-corrected chi connectivity index (χ4v) is 1.32. The highest BCUT2D eigenvalue weighted by atomic mass is 35.5. The average molecular weight is 184 g/mol. The van der Waals surface area contributed by atoms with E-state index in [0.717, 1.165) is 13.0 Å². The highest BCUT2D eigenvalue weighted by Crippen LogP contribution is 2.09. The van der Waals surface area contributed by atoms with Gasteiger partial charge in [0.15, 0.2) is 0 Å². The monoisotopic (exact) mass is 183 g/mol. The standard InChI is InChI=1S/C10H14ClN/c1-2-12-10-5-3-9(4-6-10)7-8-11/h3-6,12H,2,7-8H2,1H3. The second-order valence-electron chi connectivity index (χ2n) is 2.67. The van der Waals surface area contributed by atoms with Gasteiger partial charge in [0.1, 0.15) is 0 Å². The van der Waals surface area contributed by atoms with Gasteiger partial charge in [-0.05, 0) is 31.0 Å². The van der Waals surface area contributed by atoms with Crippen LogP contribution in [0.3, 0.4) is 0 Å². The van der Waals surface area contributed by atoms with E-state index >= 15 is 0 Å². The summed E-state index contributed by atoms with van der Waals surface area (Å²) in [6, 6.07) is 8.40. The fourth-order valence-electron chi connectivity index (χ4n) is 1.10. The highest BCUT2D eigenvalue weighted by molar-refractivity contribution is 6.17. The van der Waals surface area contributed by atoms with Crippen molar-refractivity contribution in [2.75, 3.05) is 17.7 Å². The molecule has 1 N–H and O–H groups in total. The summed E-state index contributed by atoms with van der Waals surface area (Å²) in [7, 11) is 0. The van der Waals surface area contributed by atoms with Gasteiger partial charge in [-0.2, -0.15) is 0 Å². The molecule has 0 aliphatic carbocycles. The van der Waals surface area contributed by atoms with Crippen molar-refractivity contribution in [3.8, 4) is 0 Å². The van der Waals surface area contributed by atoms with E-state index in [1.807, 2.05) is 0 Å². The predicted molar refractivity (Wildman–Crippen MR) is 55.0 cm³/mol. The maximum atomic E-state index is 5.62. The largest absolute Gasteiger partial charge is 0.385 e. The summed E-state index contributed by atoms with van der Waals surface area (Å²) in [5.41, 5.74) is 2.47. The van der Waals surface area contributed by atoms with Gasteiger partial charge in [0, 0.05) is 18.1 Å². The van der Waals surface area contributed by atoms with Crippen LogP contribution in [-0.2, 0) is 6.42 Å². The van der Waals surface area contributed by atoms with Crippen LogP contribution < -0.4 is 5.32 Å². The number of aryl methyl sites for hydroxylation is 1. The van der Waals surface area contributed by atoms with Crippen LogP contribution in [0.2, 0.25) is 0 Å². The Morgan fingerprint density at radius 3 is 2.42 bits per heavy atom. The number of halogens is 1. The zero-order valence-corrected chi connectivity index (χ0v) is 8.06. The molecule has 1 nitrogen and oxygen atoms in total. The van der Waals surface area contributed by atoms with Gasteiger partial charge in [-0.1, -0.05) is 12.1 Å². The van der Waals surface area contributed by atoms with Gasteiger partial charge in [-0.25, -0.2) is 0 Å². The Kier molecular flexibility index (Phi) is 3.95. The van der Waals surface area contributed by atoms with E-state index < -0.39 is 0 Å². The van der Waals surface area contributed by atoms with Crippen LogP contribution in [-0.4, -0.2) is 12.4 Å². The Labute approximate surface area is 78.7 Å². The third-order valence-corrected chi connectivity index (χ3v) is 1.91. The number of nitrogens with one attached hydrogen (secondary N) is 1. The number of hydrogen-bond donors (Lipinski definition) is 1. The normalized spacial score (nSPS) is 9.83. The lowest BCUT2D eigenvalue weighted by Crippen LogP contribution is -1.96. The molecule has 0 atom stereocenters. The number of benzene rings is 1. The summed E-state index contributed by atoms with van der Waals surface area (Å²) in [6.07, 6.45) is 0.952. The van der Waals surface area contributed by atoms with Gasteiger partial charge in [-0.15, -0.1) is 11.6 Å². The van der Waals surface area contributed by atoms with Crippen LogP contribution in [0.25, 0.3) is 0 Å². The van der Waals surface area contributed by atoms with Crippen molar-refractivity contribution in [3.63, 3.8) is 0 Å². The van der Waals surface area contributed by atoms with E-state index in [2.05, 4.69) is 36.5 Å². The molecule has 0 aliphatic rings. The van der Waals surface area contributed by atoms with Crippen LogP contribution in [0.5, 0.6) is 0 Å². The molecular weight excluding hydrogens is 170 g/mol. The Morgan fingerprint density at radius 1 is 1.25 bits per heavy atom. The molecule has 0 amide bonds. The van der Waals surface area contributed by atoms with E-state index in [9.17, 15) is 0 Å². The number of hydrogen-bond acceptors (Lipinski definition) is 1. The van der Waals surface area contributed by atoms with Gasteiger partial charge in [-0.3, -0.25) is 0 Å². The molecule has 0 heterocycles. The van der Waals surface area contributed by atoms with Gasteiger partial charge in [0.2, 0.25) is 0 Å². The molecule has 2 heteroatoms. The van der Waals surface area contributed by atoms with Crippen molar-refractivity contribution >= 4 is 17.3 Å². The second kappa shape index (κ2) is 5.04. The van der Waals surface area contributed by atoms with Crippen LogP contribution in [0.1, 0.15) is 12.5 Å². The minimum atomic E-state index is 0.695. The zero-order chi connectivity index (χ0) is 8.81. The number of anilines is 1. The molecule has 0 aromatic heterocycles. The van der Waals surface area contributed by atoms with E-state index in [1.54, 1.807) is 0 Å². The van der Waals surface area contributed by atoms with Crippen molar-refractivity contribution in [3.05, 3.63) is 29.8 Å². The van der Waals surface area contributed by atoms with Crippen molar-refractivity contribution in [1.29, 1.82) is 0 Å². The molecule has 0 aliphatic heterocycles. The van der Waals surface area contributed by atoms with Crippen LogP contribution in [0.15, 0.2) is 24.3 Å². The summed E-state index contributed by atoms with van der Waals surface area (Å²) >= 11 is 5.62. The Bertz CT molecular complexity index is 193. The molecule has 0 saturated carbocycles. The Morgan fingerprint density at radius 2 is 1.92 bits per heavy atom. The predicted octanol–water partition coefficient (Wildman–Crippen LogP) is 2.90. The van der Waals surface area contributed by atoms with Gasteiger partial charge in [0.05, 0.1) is 0 Å². The smallest absolute Gasteiger partial charge is 0.0340 e. The maximum absolute atomic E-state index is 5.62. The van der Waals surface area contributed by atoms with Crippen LogP contribution in [0, 0.1) is 0 Å². The molecule has 0 bridgehead atoms. The van der Waals surface area contributed by atoms with Crippen molar-refractivity contribution in [2.24, 2.45) is 0 Å². The summed E-state index contributed by atoms with van der Waals surface area (Å²) in [6.45, 7) is 3.06. The second-order valence-corrected chi connectivity index (χ2v) is 3.04. The number of alkyl halides is 1. The van der Waals surface area contributed by atoms with E-state index in [-0.39, 0.29) is 0 Å². The molecule has 1 aromatic carbocycles. The molecule has 0 fully saturated rings. The molecule has 1 aromatic rings. The molecule has 1 rings (SSSR count). The van der Waals surface area contributed by atoms with E-state index in [4.69, 9.17) is 11.6 Å². The lowest BCUT2D eigenvalue weighted by Gasteiger charge is -2.03. The van der Waals surface area contributed by atoms with E-state index in [1.165, 1.54) is 11.3 Å². The Balaban J connectivity index is 2.58. The molecule has 12 heavy (non-hydrogen) atoms. The first-order valence-corrected chi connectivity index (χ1v) is 4.79. The summed E-state index contributed by atoms with van der Waals surface area (Å²) in [4.78, 5) is 0. The van der Waals surface area contributed by atoms with Gasteiger partial charge < -0.3 is 5.32 Å². The van der Waals surface area contributed by atoms with Crippen molar-refractivity contribution < 1.29 is 0 Å². The first kappa shape index (κ1) is 9.40. The quantitative estimate of drug-likeness (QED) is 0.708. The van der Waals surface area contributed by atoms with Crippen molar-refractivity contribution in [1.82, 2.24) is 0 Å². The van der Waals surface area contributed by atoms with Gasteiger partial charge >= 0.3 is 0 Å². The Hall–Kier alpha value is -0.690. The fraction of sp³-hybridized carbons (Fsp3) is 0.400. The van der Waals surface area contributed by atoms with E-state index in [0.29, 0.717) is 5.88 Å². The van der Waals surface area contributed by atoms with Crippen LogP contribution in [0.4, 0.5) is 5.69 Å². The number of rotatable bonds is 4. The topological polar surface area (TPSA) is 12.0 Å². The molecule has 66 valence electrons. The van der Waals surface area contributed by atoms with Crippen LogP contribution >= 0.6 is 11.6 Å². The molecule has 0 unspecified atom stereocenters. The highest BCUT2D eigenvalue weighted by Gasteiger charge is 1.91. The lowest BCUT2D eigenvalue weighted by atomic mass is 10.1. The lowest BCUT2D eigenvalue weighted by molar-refractivity contribution is 1.14. The third-order valence-electron chi connectivity index (χ3n) is 1.72. The van der Waals surface area contributed by atoms with Gasteiger partial charge in [0.25, 0.3) is 0 Å². The first-order valence-electron chi connectivity index (χ1n) is 4.25.